The second kappa shape index (κ2) is 5.49. The third-order valence-electron chi connectivity index (χ3n) is 2.20. The van der Waals surface area contributed by atoms with Gasteiger partial charge in [-0.2, -0.15) is 4.37 Å². The summed E-state index contributed by atoms with van der Waals surface area (Å²) in [6.45, 7) is 1.81. The highest BCUT2D eigenvalue weighted by Gasteiger charge is 2.17. The van der Waals surface area contributed by atoms with E-state index in [1.54, 1.807) is 12.1 Å². The minimum absolute atomic E-state index is 0.226. The zero-order valence-electron chi connectivity index (χ0n) is 9.64. The number of rotatable bonds is 4. The molecule has 0 bridgehead atoms. The van der Waals surface area contributed by atoms with Crippen LogP contribution in [0.15, 0.2) is 21.3 Å². The third kappa shape index (κ3) is 2.88. The molecule has 0 spiro atoms. The first kappa shape index (κ1) is 13.0. The van der Waals surface area contributed by atoms with Gasteiger partial charge in [0.05, 0.1) is 13.2 Å². The van der Waals surface area contributed by atoms with Crippen molar-refractivity contribution < 1.29 is 14.1 Å². The third-order valence-corrected chi connectivity index (χ3v) is 3.34. The van der Waals surface area contributed by atoms with Gasteiger partial charge in [-0.05, 0) is 34.4 Å². The molecule has 2 aromatic heterocycles. The minimum Gasteiger partial charge on any atom is -0.480 e. The topological polar surface area (TPSA) is 77.2 Å². The highest BCUT2D eigenvalue weighted by atomic mass is 79.9. The number of aromatic nitrogens is 2. The molecule has 0 fully saturated rings. The van der Waals surface area contributed by atoms with Crippen LogP contribution in [0.4, 0.5) is 0 Å². The van der Waals surface area contributed by atoms with E-state index in [9.17, 15) is 4.79 Å². The van der Waals surface area contributed by atoms with Gasteiger partial charge >= 0.3 is 0 Å². The van der Waals surface area contributed by atoms with Crippen LogP contribution in [0.2, 0.25) is 0 Å². The van der Waals surface area contributed by atoms with Crippen molar-refractivity contribution in [1.82, 2.24) is 14.8 Å². The van der Waals surface area contributed by atoms with Crippen LogP contribution >= 0.6 is 27.5 Å². The van der Waals surface area contributed by atoms with Crippen LogP contribution in [0, 0.1) is 0 Å². The average molecular weight is 332 g/mol. The van der Waals surface area contributed by atoms with Crippen molar-refractivity contribution in [2.75, 3.05) is 7.11 Å². The van der Waals surface area contributed by atoms with Gasteiger partial charge in [0.25, 0.3) is 5.91 Å². The molecule has 1 atom stereocenters. The van der Waals surface area contributed by atoms with E-state index in [0.29, 0.717) is 21.1 Å². The summed E-state index contributed by atoms with van der Waals surface area (Å²) >= 11 is 4.26. The van der Waals surface area contributed by atoms with Gasteiger partial charge in [0.2, 0.25) is 5.88 Å². The number of hydrogen-bond acceptors (Lipinski definition) is 6. The van der Waals surface area contributed by atoms with Crippen LogP contribution in [-0.2, 0) is 0 Å². The Morgan fingerprint density at radius 3 is 2.94 bits per heavy atom. The van der Waals surface area contributed by atoms with E-state index in [1.165, 1.54) is 7.11 Å². The quantitative estimate of drug-likeness (QED) is 0.930. The van der Waals surface area contributed by atoms with Crippen LogP contribution in [0.1, 0.15) is 28.4 Å². The van der Waals surface area contributed by atoms with Gasteiger partial charge in [-0.3, -0.25) is 4.79 Å². The van der Waals surface area contributed by atoms with Gasteiger partial charge in [-0.15, -0.1) is 0 Å². The van der Waals surface area contributed by atoms with E-state index in [-0.39, 0.29) is 11.9 Å². The summed E-state index contributed by atoms with van der Waals surface area (Å²) in [5.41, 5.74) is 0. The Kier molecular flexibility index (Phi) is 3.97. The van der Waals surface area contributed by atoms with Crippen LogP contribution in [0.3, 0.4) is 0 Å². The van der Waals surface area contributed by atoms with Crippen molar-refractivity contribution >= 4 is 33.4 Å². The second-order valence-corrected chi connectivity index (χ2v) is 5.10. The molecule has 0 aliphatic carbocycles. The van der Waals surface area contributed by atoms with Crippen molar-refractivity contribution in [3.8, 4) is 5.88 Å². The number of carbonyl (C=O) groups excluding carboxylic acids is 1. The van der Waals surface area contributed by atoms with Gasteiger partial charge in [0.1, 0.15) is 9.48 Å². The molecular weight excluding hydrogens is 322 g/mol. The normalized spacial score (nSPS) is 12.2. The molecule has 2 heterocycles. The molecule has 8 heteroatoms. The van der Waals surface area contributed by atoms with E-state index < -0.39 is 0 Å². The monoisotopic (exact) mass is 331 g/mol. The Morgan fingerprint density at radius 2 is 2.39 bits per heavy atom. The van der Waals surface area contributed by atoms with Crippen molar-refractivity contribution in [1.29, 1.82) is 0 Å². The largest absolute Gasteiger partial charge is 0.480 e. The highest BCUT2D eigenvalue weighted by Crippen LogP contribution is 2.20. The standard InChI is InChI=1S/C10H10BrN3O3S/c1-5(6-3-8(11)13-17-6)12-10(15)7-4-9(16-2)14-18-7/h3-5H,1-2H3,(H,12,15)/t5-/m1/s1. The molecule has 18 heavy (non-hydrogen) atoms. The number of nitrogens with one attached hydrogen (secondary N) is 1. The van der Waals surface area contributed by atoms with Gasteiger partial charge in [-0.1, -0.05) is 5.16 Å². The van der Waals surface area contributed by atoms with Gasteiger partial charge in [-0.25, -0.2) is 0 Å². The van der Waals surface area contributed by atoms with E-state index in [2.05, 4.69) is 30.8 Å². The molecule has 0 saturated carbocycles. The van der Waals surface area contributed by atoms with Crippen LogP contribution < -0.4 is 10.1 Å². The van der Waals surface area contributed by atoms with Crippen molar-refractivity contribution in [2.24, 2.45) is 0 Å². The molecule has 0 aliphatic rings. The summed E-state index contributed by atoms with van der Waals surface area (Å²) in [6.07, 6.45) is 0. The molecule has 1 N–H and O–H groups in total. The predicted octanol–water partition coefficient (Wildman–Crippen LogP) is 2.39. The summed E-state index contributed by atoms with van der Waals surface area (Å²) in [5.74, 6) is 0.780. The SMILES string of the molecule is COc1cc(C(=O)N[C@H](C)c2cc(Br)no2)sn1. The Balaban J connectivity index is 2.02. The fourth-order valence-corrected chi connectivity index (χ4v) is 2.18. The fourth-order valence-electron chi connectivity index (χ4n) is 1.27. The first-order valence-corrected chi connectivity index (χ1v) is 6.60. The van der Waals surface area contributed by atoms with Crippen molar-refractivity contribution in [3.05, 3.63) is 27.4 Å². The molecule has 0 aromatic carbocycles. The lowest BCUT2D eigenvalue weighted by Crippen LogP contribution is -2.25. The zero-order chi connectivity index (χ0) is 13.1. The maximum absolute atomic E-state index is 11.9. The lowest BCUT2D eigenvalue weighted by Gasteiger charge is -2.08. The van der Waals surface area contributed by atoms with E-state index in [1.807, 2.05) is 6.92 Å². The summed E-state index contributed by atoms with van der Waals surface area (Å²) in [6, 6.07) is 3.02. The second-order valence-electron chi connectivity index (χ2n) is 3.48. The predicted molar refractivity (Wildman–Crippen MR) is 68.8 cm³/mol. The Morgan fingerprint density at radius 1 is 1.61 bits per heavy atom. The van der Waals surface area contributed by atoms with Crippen molar-refractivity contribution in [3.63, 3.8) is 0 Å². The number of amides is 1. The molecule has 0 radical (unpaired) electrons. The summed E-state index contributed by atoms with van der Waals surface area (Å²) in [5, 5.41) is 6.48. The van der Waals surface area contributed by atoms with Crippen LogP contribution in [0.25, 0.3) is 0 Å². The molecule has 6 nitrogen and oxygen atoms in total. The van der Waals surface area contributed by atoms with Gasteiger partial charge < -0.3 is 14.6 Å². The summed E-state index contributed by atoms with van der Waals surface area (Å²) < 4.78 is 14.5. The first-order chi connectivity index (χ1) is 8.60. The highest BCUT2D eigenvalue weighted by molar-refractivity contribution is 9.10. The maximum Gasteiger partial charge on any atom is 0.263 e. The molecule has 2 aromatic rings. The Bertz CT molecular complexity index is 554. The van der Waals surface area contributed by atoms with Crippen molar-refractivity contribution in [2.45, 2.75) is 13.0 Å². The molecule has 2 rings (SSSR count). The van der Waals surface area contributed by atoms with Crippen LogP contribution in [-0.4, -0.2) is 22.5 Å². The number of hydrogen-bond donors (Lipinski definition) is 1. The summed E-state index contributed by atoms with van der Waals surface area (Å²) in [7, 11) is 1.51. The molecule has 0 unspecified atom stereocenters. The smallest absolute Gasteiger partial charge is 0.263 e. The van der Waals surface area contributed by atoms with E-state index in [0.717, 1.165) is 11.5 Å². The number of nitrogens with zero attached hydrogens (tertiary/aromatic N) is 2. The minimum atomic E-state index is -0.274. The zero-order valence-corrected chi connectivity index (χ0v) is 12.0. The molecule has 0 aliphatic heterocycles. The number of halogens is 1. The van der Waals surface area contributed by atoms with Crippen LogP contribution in [0.5, 0.6) is 5.88 Å². The number of carbonyl (C=O) groups is 1. The first-order valence-electron chi connectivity index (χ1n) is 5.04. The molecular formula is C10H10BrN3O3S. The molecule has 0 saturated heterocycles. The Labute approximate surface area is 116 Å². The fraction of sp³-hybridized carbons (Fsp3) is 0.300. The van der Waals surface area contributed by atoms with E-state index in [4.69, 9.17) is 9.26 Å². The van der Waals surface area contributed by atoms with Gasteiger partial charge in [0.15, 0.2) is 5.76 Å². The summed E-state index contributed by atoms with van der Waals surface area (Å²) in [4.78, 5) is 12.4. The number of ether oxygens (including phenoxy) is 1. The lowest BCUT2D eigenvalue weighted by molar-refractivity contribution is 0.0937. The number of methoxy groups -OCH3 is 1. The van der Waals surface area contributed by atoms with E-state index >= 15 is 0 Å². The average Bonchev–Trinajstić information content (AvgIpc) is 2.97. The van der Waals surface area contributed by atoms with Gasteiger partial charge in [0, 0.05) is 12.1 Å². The lowest BCUT2D eigenvalue weighted by atomic mass is 10.2. The Hall–Kier alpha value is -1.41. The molecule has 1 amide bonds. The maximum atomic E-state index is 11.9. The molecule has 96 valence electrons.